The van der Waals surface area contributed by atoms with E-state index in [2.05, 4.69) is 75.2 Å². The van der Waals surface area contributed by atoms with Crippen LogP contribution in [0.2, 0.25) is 0 Å². The topological polar surface area (TPSA) is 93.3 Å². The minimum absolute atomic E-state index is 0.212. The number of rotatable bonds is 8. The van der Waals surface area contributed by atoms with Crippen molar-refractivity contribution in [2.45, 2.75) is 32.6 Å². The molecule has 4 heterocycles. The van der Waals surface area contributed by atoms with Crippen LogP contribution in [-0.2, 0) is 0 Å². The van der Waals surface area contributed by atoms with E-state index in [-0.39, 0.29) is 5.92 Å². The fraction of sp³-hybridized carbons (Fsp3) is 0.538. The van der Waals surface area contributed by atoms with Crippen molar-refractivity contribution in [3.05, 3.63) is 34.2 Å². The van der Waals surface area contributed by atoms with Crippen LogP contribution >= 0.6 is 15.9 Å². The monoisotopic (exact) mass is 552 g/mol. The molecule has 2 aliphatic heterocycles. The quantitative estimate of drug-likeness (QED) is 0.407. The zero-order valence-electron chi connectivity index (χ0n) is 20.8. The van der Waals surface area contributed by atoms with Gasteiger partial charge in [0.2, 0.25) is 0 Å². The third kappa shape index (κ3) is 4.68. The first-order valence-electron chi connectivity index (χ1n) is 13.1. The summed E-state index contributed by atoms with van der Waals surface area (Å²) in [7, 11) is 0. The highest BCUT2D eigenvalue weighted by Crippen LogP contribution is 2.37. The molecule has 36 heavy (non-hydrogen) atoms. The number of benzene rings is 1. The Hall–Kier alpha value is -2.72. The first kappa shape index (κ1) is 23.7. The third-order valence-electron chi connectivity index (χ3n) is 7.76. The van der Waals surface area contributed by atoms with Crippen LogP contribution in [0.1, 0.15) is 41.6 Å². The lowest BCUT2D eigenvalue weighted by molar-refractivity contribution is 0.0967. The maximum Gasteiger partial charge on any atom is 0.187 e. The number of hydrogen-bond donors (Lipinski definition) is 2. The number of hydrogen-bond acceptors (Lipinski definition) is 8. The zero-order chi connectivity index (χ0) is 24.6. The molecule has 2 saturated heterocycles. The predicted molar refractivity (Wildman–Crippen MR) is 146 cm³/mol. The molecule has 190 valence electrons. The van der Waals surface area contributed by atoms with E-state index in [0.717, 1.165) is 79.2 Å². The molecule has 3 aliphatic rings. The second-order valence-electron chi connectivity index (χ2n) is 10.2. The lowest BCUT2D eigenvalue weighted by atomic mass is 10.0. The van der Waals surface area contributed by atoms with Gasteiger partial charge in [-0.2, -0.15) is 5.10 Å². The minimum atomic E-state index is 0.212. The minimum Gasteiger partial charge on any atom is -0.383 e. The summed E-state index contributed by atoms with van der Waals surface area (Å²) in [6, 6.07) is 4.22. The van der Waals surface area contributed by atoms with Crippen molar-refractivity contribution in [2.24, 2.45) is 5.92 Å². The Kier molecular flexibility index (Phi) is 6.55. The van der Waals surface area contributed by atoms with Gasteiger partial charge in [0.15, 0.2) is 11.4 Å². The molecule has 0 radical (unpaired) electrons. The molecule has 1 aliphatic carbocycles. The highest BCUT2D eigenvalue weighted by Gasteiger charge is 2.32. The van der Waals surface area contributed by atoms with Gasteiger partial charge in [0.25, 0.3) is 0 Å². The molecule has 0 atom stereocenters. The number of likely N-dealkylation sites (tertiary alicyclic amines) is 1. The molecule has 3 fully saturated rings. The van der Waals surface area contributed by atoms with Crippen molar-refractivity contribution >= 4 is 49.9 Å². The lowest BCUT2D eigenvalue weighted by Crippen LogP contribution is -2.47. The molecule has 0 bridgehead atoms. The molecule has 2 N–H and O–H groups in total. The van der Waals surface area contributed by atoms with Crippen molar-refractivity contribution in [2.75, 3.05) is 67.5 Å². The van der Waals surface area contributed by atoms with Crippen LogP contribution < -0.4 is 15.1 Å². The SMILES string of the molecule is Cc1c(NCCN2CCCC2)cc(C(=O)C2CC2)cc1N1CCN(c2ncnc3n[nH]c(Br)c23)CC1. The second kappa shape index (κ2) is 9.97. The second-order valence-corrected chi connectivity index (χ2v) is 11.0. The number of H-pyrrole nitrogens is 1. The largest absolute Gasteiger partial charge is 0.383 e. The molecular formula is C26H33BrN8O. The van der Waals surface area contributed by atoms with Crippen LogP contribution in [0.15, 0.2) is 23.1 Å². The standard InChI is InChI=1S/C26H33BrN8O/c1-17-20(28-6-9-33-7-2-3-8-33)14-19(23(36)18-4-5-18)15-21(17)34-10-12-35(13-11-34)26-22-24(27)31-32-25(22)29-16-30-26/h14-16,18,28H,2-13H2,1H3,(H,29,30,31,32). The zero-order valence-corrected chi connectivity index (χ0v) is 22.4. The average Bonchev–Trinajstić information content (AvgIpc) is 3.50. The number of aromatic amines is 1. The Balaban J connectivity index is 1.21. The Morgan fingerprint density at radius 2 is 1.83 bits per heavy atom. The van der Waals surface area contributed by atoms with Gasteiger partial charge in [0.05, 0.1) is 5.39 Å². The number of Topliss-reactive ketones (excluding diaryl/α,β-unsaturated/α-hetero) is 1. The summed E-state index contributed by atoms with van der Waals surface area (Å²) >= 11 is 3.55. The van der Waals surface area contributed by atoms with E-state index in [9.17, 15) is 4.79 Å². The predicted octanol–water partition coefficient (Wildman–Crippen LogP) is 3.85. The summed E-state index contributed by atoms with van der Waals surface area (Å²) in [4.78, 5) is 29.1. The van der Waals surface area contributed by atoms with Gasteiger partial charge in [0, 0.05) is 62.1 Å². The van der Waals surface area contributed by atoms with Crippen molar-refractivity contribution in [1.29, 1.82) is 0 Å². The highest BCUT2D eigenvalue weighted by atomic mass is 79.9. The van der Waals surface area contributed by atoms with E-state index in [4.69, 9.17) is 0 Å². The van der Waals surface area contributed by atoms with Crippen LogP contribution in [0.3, 0.4) is 0 Å². The van der Waals surface area contributed by atoms with Crippen molar-refractivity contribution in [3.63, 3.8) is 0 Å². The van der Waals surface area contributed by atoms with E-state index in [1.165, 1.54) is 37.2 Å². The first-order chi connectivity index (χ1) is 17.6. The van der Waals surface area contributed by atoms with E-state index >= 15 is 0 Å². The molecule has 3 aromatic rings. The van der Waals surface area contributed by atoms with Crippen LogP contribution in [-0.4, -0.2) is 83.2 Å². The number of fused-ring (bicyclic) bond motifs is 1. The summed E-state index contributed by atoms with van der Waals surface area (Å²) in [6.07, 6.45) is 6.23. The van der Waals surface area contributed by atoms with E-state index < -0.39 is 0 Å². The van der Waals surface area contributed by atoms with Crippen molar-refractivity contribution in [3.8, 4) is 0 Å². The normalized spacial score (nSPS) is 18.8. The smallest absolute Gasteiger partial charge is 0.187 e. The van der Waals surface area contributed by atoms with E-state index in [1.807, 2.05) is 0 Å². The van der Waals surface area contributed by atoms with Gasteiger partial charge < -0.3 is 20.0 Å². The van der Waals surface area contributed by atoms with Gasteiger partial charge in [-0.1, -0.05) is 0 Å². The molecule has 1 saturated carbocycles. The van der Waals surface area contributed by atoms with Gasteiger partial charge in [-0.25, -0.2) is 9.97 Å². The van der Waals surface area contributed by atoms with Gasteiger partial charge in [-0.15, -0.1) is 0 Å². The average molecular weight is 554 g/mol. The molecule has 0 unspecified atom stereocenters. The molecule has 0 amide bonds. The summed E-state index contributed by atoms with van der Waals surface area (Å²) in [6.45, 7) is 9.91. The Morgan fingerprint density at radius 1 is 1.08 bits per heavy atom. The number of ketones is 1. The maximum absolute atomic E-state index is 13.1. The number of piperazine rings is 1. The maximum atomic E-state index is 13.1. The molecule has 6 rings (SSSR count). The fourth-order valence-corrected chi connectivity index (χ4v) is 5.94. The summed E-state index contributed by atoms with van der Waals surface area (Å²) < 4.78 is 0.808. The summed E-state index contributed by atoms with van der Waals surface area (Å²) in [5.41, 5.74) is 5.00. The molecule has 10 heteroatoms. The fourth-order valence-electron chi connectivity index (χ4n) is 5.49. The van der Waals surface area contributed by atoms with E-state index in [1.54, 1.807) is 6.33 Å². The van der Waals surface area contributed by atoms with E-state index in [0.29, 0.717) is 11.4 Å². The Labute approximate surface area is 219 Å². The number of anilines is 3. The number of aromatic nitrogens is 4. The van der Waals surface area contributed by atoms with Gasteiger partial charge in [-0.3, -0.25) is 9.89 Å². The molecule has 2 aromatic heterocycles. The highest BCUT2D eigenvalue weighted by molar-refractivity contribution is 9.10. The van der Waals surface area contributed by atoms with Crippen LogP contribution in [0.25, 0.3) is 11.0 Å². The molecule has 0 spiro atoms. The van der Waals surface area contributed by atoms with Crippen LogP contribution in [0.4, 0.5) is 17.2 Å². The first-order valence-corrected chi connectivity index (χ1v) is 13.9. The molecule has 1 aromatic carbocycles. The van der Waals surface area contributed by atoms with Crippen molar-refractivity contribution < 1.29 is 4.79 Å². The van der Waals surface area contributed by atoms with Crippen molar-refractivity contribution in [1.82, 2.24) is 25.1 Å². The Morgan fingerprint density at radius 3 is 2.58 bits per heavy atom. The summed E-state index contributed by atoms with van der Waals surface area (Å²) in [5.74, 6) is 1.41. The van der Waals surface area contributed by atoms with Gasteiger partial charge in [-0.05, 0) is 79.3 Å². The lowest BCUT2D eigenvalue weighted by Gasteiger charge is -2.38. The van der Waals surface area contributed by atoms with Gasteiger partial charge >= 0.3 is 0 Å². The summed E-state index contributed by atoms with van der Waals surface area (Å²) in [5, 5.41) is 11.8. The van der Waals surface area contributed by atoms with Gasteiger partial charge in [0.1, 0.15) is 16.7 Å². The number of nitrogens with zero attached hydrogens (tertiary/aromatic N) is 6. The van der Waals surface area contributed by atoms with Crippen LogP contribution in [0, 0.1) is 12.8 Å². The number of halogens is 1. The molecule has 9 nitrogen and oxygen atoms in total. The third-order valence-corrected chi connectivity index (χ3v) is 8.34. The molecular weight excluding hydrogens is 520 g/mol. The van der Waals surface area contributed by atoms with Crippen LogP contribution in [0.5, 0.6) is 0 Å². The number of carbonyl (C=O) groups excluding carboxylic acids is 1. The number of nitrogens with one attached hydrogen (secondary N) is 2. The Bertz CT molecular complexity index is 1260. The number of carbonyl (C=O) groups is 1.